The molecule has 5 heteroatoms. The highest BCUT2D eigenvalue weighted by molar-refractivity contribution is 5.92. The van der Waals surface area contributed by atoms with Gasteiger partial charge >= 0.3 is 0 Å². The van der Waals surface area contributed by atoms with E-state index in [0.29, 0.717) is 5.82 Å². The number of nitrogens with one attached hydrogen (secondary N) is 1. The van der Waals surface area contributed by atoms with Gasteiger partial charge in [-0.25, -0.2) is 0 Å². The number of H-pyrrole nitrogens is 1. The van der Waals surface area contributed by atoms with Crippen molar-refractivity contribution in [1.29, 1.82) is 0 Å². The lowest BCUT2D eigenvalue weighted by molar-refractivity contribution is 0.395. The summed E-state index contributed by atoms with van der Waals surface area (Å²) in [7, 11) is 3.28. The highest BCUT2D eigenvalue weighted by atomic mass is 16.5. The van der Waals surface area contributed by atoms with Gasteiger partial charge in [-0.1, -0.05) is 6.07 Å². The molecule has 102 valence electrons. The molecule has 3 N–H and O–H groups in total. The largest absolute Gasteiger partial charge is 0.497 e. The second kappa shape index (κ2) is 4.77. The van der Waals surface area contributed by atoms with Gasteiger partial charge in [-0.2, -0.15) is 5.10 Å². The zero-order valence-electron chi connectivity index (χ0n) is 11.3. The number of hydrogen-bond donors (Lipinski definition) is 2. The molecule has 0 radical (unpaired) electrons. The Kier molecular flexibility index (Phi) is 2.95. The number of aromatic nitrogens is 2. The van der Waals surface area contributed by atoms with Gasteiger partial charge in [0.1, 0.15) is 11.5 Å². The molecular weight excluding hydrogens is 254 g/mol. The third-order valence-electron chi connectivity index (χ3n) is 3.31. The van der Waals surface area contributed by atoms with E-state index < -0.39 is 0 Å². The Morgan fingerprint density at radius 2 is 1.90 bits per heavy atom. The molecule has 0 saturated carbocycles. The lowest BCUT2D eigenvalue weighted by Crippen LogP contribution is -1.90. The number of rotatable bonds is 3. The van der Waals surface area contributed by atoms with E-state index in [1.54, 1.807) is 14.2 Å². The van der Waals surface area contributed by atoms with Gasteiger partial charge in [0.25, 0.3) is 0 Å². The molecule has 1 heterocycles. The molecule has 2 aromatic carbocycles. The molecule has 3 aromatic rings. The van der Waals surface area contributed by atoms with Crippen LogP contribution in [0, 0.1) is 0 Å². The molecule has 0 saturated heterocycles. The summed E-state index contributed by atoms with van der Waals surface area (Å²) in [6.45, 7) is 0. The summed E-state index contributed by atoms with van der Waals surface area (Å²) >= 11 is 0. The van der Waals surface area contributed by atoms with E-state index in [1.807, 2.05) is 36.4 Å². The van der Waals surface area contributed by atoms with Gasteiger partial charge in [-0.15, -0.1) is 0 Å². The summed E-state index contributed by atoms with van der Waals surface area (Å²) in [5.74, 6) is 2.03. The minimum atomic E-state index is 0.508. The van der Waals surface area contributed by atoms with Crippen LogP contribution in [0.4, 0.5) is 5.82 Å². The van der Waals surface area contributed by atoms with Crippen LogP contribution in [0.25, 0.3) is 22.0 Å². The van der Waals surface area contributed by atoms with E-state index in [0.717, 1.165) is 33.5 Å². The molecular formula is C15H15N3O2. The first-order valence-electron chi connectivity index (χ1n) is 6.19. The monoisotopic (exact) mass is 269 g/mol. The molecule has 0 aliphatic rings. The van der Waals surface area contributed by atoms with Crippen molar-refractivity contribution in [3.63, 3.8) is 0 Å². The fourth-order valence-corrected chi connectivity index (χ4v) is 2.25. The van der Waals surface area contributed by atoms with Crippen LogP contribution >= 0.6 is 0 Å². The summed E-state index contributed by atoms with van der Waals surface area (Å²) < 4.78 is 10.6. The van der Waals surface area contributed by atoms with Crippen LogP contribution in [0.2, 0.25) is 0 Å². The van der Waals surface area contributed by atoms with E-state index >= 15 is 0 Å². The molecule has 20 heavy (non-hydrogen) atoms. The first-order valence-corrected chi connectivity index (χ1v) is 6.19. The quantitative estimate of drug-likeness (QED) is 0.766. The lowest BCUT2D eigenvalue weighted by Gasteiger charge is -2.10. The number of hydrogen-bond acceptors (Lipinski definition) is 4. The molecule has 0 amide bonds. The van der Waals surface area contributed by atoms with Crippen molar-refractivity contribution in [3.05, 3.63) is 36.4 Å². The first-order chi connectivity index (χ1) is 9.72. The predicted molar refractivity (Wildman–Crippen MR) is 79.0 cm³/mol. The minimum Gasteiger partial charge on any atom is -0.497 e. The van der Waals surface area contributed by atoms with E-state index in [-0.39, 0.29) is 0 Å². The molecule has 0 aliphatic heterocycles. The Morgan fingerprint density at radius 3 is 2.65 bits per heavy atom. The molecule has 1 aromatic heterocycles. The maximum Gasteiger partial charge on any atom is 0.153 e. The van der Waals surface area contributed by atoms with Crippen LogP contribution in [0.1, 0.15) is 0 Å². The smallest absolute Gasteiger partial charge is 0.153 e. The second-order valence-electron chi connectivity index (χ2n) is 4.44. The fourth-order valence-electron chi connectivity index (χ4n) is 2.25. The van der Waals surface area contributed by atoms with E-state index in [2.05, 4.69) is 10.2 Å². The third-order valence-corrected chi connectivity index (χ3v) is 3.31. The molecule has 0 spiro atoms. The maximum absolute atomic E-state index is 5.78. The van der Waals surface area contributed by atoms with E-state index in [4.69, 9.17) is 15.2 Å². The summed E-state index contributed by atoms with van der Waals surface area (Å²) in [6, 6.07) is 11.7. The van der Waals surface area contributed by atoms with Crippen LogP contribution in [0.3, 0.4) is 0 Å². The number of nitrogens with two attached hydrogens (primary N) is 1. The number of benzene rings is 2. The van der Waals surface area contributed by atoms with Crippen molar-refractivity contribution in [1.82, 2.24) is 10.2 Å². The topological polar surface area (TPSA) is 73.2 Å². The van der Waals surface area contributed by atoms with Crippen molar-refractivity contribution < 1.29 is 9.47 Å². The molecule has 5 nitrogen and oxygen atoms in total. The Hall–Kier alpha value is -2.69. The van der Waals surface area contributed by atoms with Gasteiger partial charge in [0.2, 0.25) is 0 Å². The maximum atomic E-state index is 5.78. The number of aromatic amines is 1. The Balaban J connectivity index is 2.14. The number of ether oxygens (including phenoxy) is 2. The Bertz CT molecular complexity index is 765. The molecule has 0 fully saturated rings. The predicted octanol–water partition coefficient (Wildman–Crippen LogP) is 2.83. The number of nitrogens with zero attached hydrogens (tertiary/aromatic N) is 1. The number of methoxy groups -OCH3 is 2. The van der Waals surface area contributed by atoms with E-state index in [9.17, 15) is 0 Å². The van der Waals surface area contributed by atoms with Crippen LogP contribution < -0.4 is 15.2 Å². The van der Waals surface area contributed by atoms with E-state index in [1.165, 1.54) is 0 Å². The van der Waals surface area contributed by atoms with Crippen molar-refractivity contribution in [2.45, 2.75) is 0 Å². The van der Waals surface area contributed by atoms with Gasteiger partial charge in [-0.3, -0.25) is 5.10 Å². The van der Waals surface area contributed by atoms with Gasteiger partial charge in [-0.05, 0) is 29.8 Å². The van der Waals surface area contributed by atoms with Crippen molar-refractivity contribution in [2.75, 3.05) is 20.0 Å². The number of fused-ring (bicyclic) bond motifs is 1. The molecule has 0 atom stereocenters. The van der Waals surface area contributed by atoms with Gasteiger partial charge in [0.15, 0.2) is 5.82 Å². The highest BCUT2D eigenvalue weighted by Gasteiger charge is 2.09. The van der Waals surface area contributed by atoms with Crippen LogP contribution in [0.15, 0.2) is 36.4 Å². The number of anilines is 1. The Morgan fingerprint density at radius 1 is 1.05 bits per heavy atom. The Labute approximate surface area is 116 Å². The summed E-state index contributed by atoms with van der Waals surface area (Å²) in [6.07, 6.45) is 0. The third kappa shape index (κ3) is 1.93. The minimum absolute atomic E-state index is 0.508. The molecule has 0 bridgehead atoms. The van der Waals surface area contributed by atoms with Crippen LogP contribution in [-0.2, 0) is 0 Å². The summed E-state index contributed by atoms with van der Waals surface area (Å²) in [4.78, 5) is 0. The van der Waals surface area contributed by atoms with Crippen LogP contribution in [0.5, 0.6) is 11.5 Å². The standard InChI is InChI=1S/C15H15N3O2/c1-19-10-4-6-11(14(8-10)20-2)9-3-5-12-13(7-9)17-18-15(12)16/h3-8H,1-2H3,(H3,16,17,18). The first kappa shape index (κ1) is 12.3. The summed E-state index contributed by atoms with van der Waals surface area (Å²) in [5.41, 5.74) is 8.69. The van der Waals surface area contributed by atoms with Gasteiger partial charge in [0.05, 0.1) is 19.7 Å². The van der Waals surface area contributed by atoms with Gasteiger partial charge < -0.3 is 15.2 Å². The van der Waals surface area contributed by atoms with Crippen molar-refractivity contribution >= 4 is 16.7 Å². The lowest BCUT2D eigenvalue weighted by atomic mass is 10.0. The van der Waals surface area contributed by atoms with Crippen molar-refractivity contribution in [3.8, 4) is 22.6 Å². The molecule has 0 unspecified atom stereocenters. The zero-order chi connectivity index (χ0) is 14.1. The van der Waals surface area contributed by atoms with Crippen molar-refractivity contribution in [2.24, 2.45) is 0 Å². The van der Waals surface area contributed by atoms with Gasteiger partial charge in [0, 0.05) is 17.0 Å². The summed E-state index contributed by atoms with van der Waals surface area (Å²) in [5, 5.41) is 7.84. The average Bonchev–Trinajstić information content (AvgIpc) is 2.87. The second-order valence-corrected chi connectivity index (χ2v) is 4.44. The SMILES string of the molecule is COc1ccc(-c2ccc3c(N)n[nH]c3c2)c(OC)c1. The van der Waals surface area contributed by atoms with Crippen LogP contribution in [-0.4, -0.2) is 24.4 Å². The fraction of sp³-hybridized carbons (Fsp3) is 0.133. The zero-order valence-corrected chi connectivity index (χ0v) is 11.3. The number of nitrogen functional groups attached to an aromatic ring is 1. The average molecular weight is 269 g/mol. The molecule has 3 rings (SSSR count). The molecule has 0 aliphatic carbocycles. The normalized spacial score (nSPS) is 10.7. The highest BCUT2D eigenvalue weighted by Crippen LogP contribution is 2.34.